The molecule has 0 radical (unpaired) electrons. The third kappa shape index (κ3) is 3.19. The highest BCUT2D eigenvalue weighted by Gasteiger charge is 2.02. The first-order valence-corrected chi connectivity index (χ1v) is 4.38. The Bertz CT molecular complexity index is 261. The normalized spacial score (nSPS) is 14.9. The van der Waals surface area contributed by atoms with E-state index in [1.165, 1.54) is 0 Å². The van der Waals surface area contributed by atoms with Gasteiger partial charge in [-0.25, -0.2) is 0 Å². The number of carbonyl (C=O) groups is 1. The van der Waals surface area contributed by atoms with E-state index in [2.05, 4.69) is 16.2 Å². The van der Waals surface area contributed by atoms with Crippen LogP contribution in [0.15, 0.2) is 23.5 Å². The zero-order chi connectivity index (χ0) is 9.68. The molecular formula is C9H17N3O. The van der Waals surface area contributed by atoms with Crippen molar-refractivity contribution in [2.75, 3.05) is 6.54 Å². The summed E-state index contributed by atoms with van der Waals surface area (Å²) in [5.74, 6) is 0.0639. The molecule has 4 heteroatoms. The van der Waals surface area contributed by atoms with E-state index in [1.807, 2.05) is 26.0 Å². The summed E-state index contributed by atoms with van der Waals surface area (Å²) >= 11 is 0. The second kappa shape index (κ2) is 4.54. The van der Waals surface area contributed by atoms with Crippen molar-refractivity contribution >= 4 is 5.91 Å². The zero-order valence-electron chi connectivity index (χ0n) is 7.98. The Morgan fingerprint density at radius 2 is 2.31 bits per heavy atom. The van der Waals surface area contributed by atoms with Crippen molar-refractivity contribution in [3.05, 3.63) is 23.5 Å². The van der Waals surface area contributed by atoms with Gasteiger partial charge in [0.15, 0.2) is 0 Å². The number of amides is 1. The Balaban J connectivity index is 0.00000169. The van der Waals surface area contributed by atoms with Gasteiger partial charge in [-0.3, -0.25) is 4.79 Å². The van der Waals surface area contributed by atoms with E-state index >= 15 is 0 Å². The summed E-state index contributed by atoms with van der Waals surface area (Å²) in [6.45, 7) is 4.34. The number of nitrogens with one attached hydrogen (secondary N) is 3. The van der Waals surface area contributed by atoms with Gasteiger partial charge in [0.05, 0.1) is 12.2 Å². The summed E-state index contributed by atoms with van der Waals surface area (Å²) in [6.07, 6.45) is 4.43. The molecular weight excluding hydrogens is 166 g/mol. The van der Waals surface area contributed by atoms with Gasteiger partial charge >= 0.3 is 0 Å². The van der Waals surface area contributed by atoms with Crippen LogP contribution in [-0.4, -0.2) is 12.5 Å². The van der Waals surface area contributed by atoms with Crippen molar-refractivity contribution in [1.82, 2.24) is 16.2 Å². The van der Waals surface area contributed by atoms with Crippen LogP contribution in [0.4, 0.5) is 0 Å². The van der Waals surface area contributed by atoms with Crippen LogP contribution >= 0.6 is 0 Å². The molecule has 0 fully saturated rings. The van der Waals surface area contributed by atoms with Gasteiger partial charge in [-0.2, -0.15) is 0 Å². The third-order valence-corrected chi connectivity index (χ3v) is 1.75. The maximum atomic E-state index is 10.9. The van der Waals surface area contributed by atoms with Crippen molar-refractivity contribution in [1.29, 1.82) is 0 Å². The van der Waals surface area contributed by atoms with Gasteiger partial charge in [-0.15, -0.1) is 0 Å². The first kappa shape index (κ1) is 9.64. The van der Waals surface area contributed by atoms with Crippen LogP contribution in [0.3, 0.4) is 0 Å². The molecule has 4 nitrogen and oxygen atoms in total. The van der Waals surface area contributed by atoms with Gasteiger partial charge < -0.3 is 16.2 Å². The number of hydrogen-bond donors (Lipinski definition) is 3. The molecule has 3 N–H and O–H groups in total. The fourth-order valence-electron chi connectivity index (χ4n) is 0.910. The maximum absolute atomic E-state index is 10.9. The Kier molecular flexibility index (Phi) is 3.37. The smallest absolute Gasteiger partial charge is 0.220 e. The molecule has 1 aliphatic rings. The Morgan fingerprint density at radius 1 is 1.54 bits per heavy atom. The van der Waals surface area contributed by atoms with Crippen molar-refractivity contribution in [2.24, 2.45) is 0 Å². The molecule has 0 unspecified atom stereocenters. The summed E-state index contributed by atoms with van der Waals surface area (Å²) < 4.78 is 0. The van der Waals surface area contributed by atoms with E-state index in [4.69, 9.17) is 0 Å². The van der Waals surface area contributed by atoms with Crippen LogP contribution in [0.1, 0.15) is 21.7 Å². The average Bonchev–Trinajstić information content (AvgIpc) is 2.16. The largest absolute Gasteiger partial charge is 0.350 e. The standard InChI is InChI=1S/C9H15N3O.H2/c1-3-9(13)10-6-8-5-4-7(2)11-12-8;/h4-5,11-12H,3,6H2,1-2H3,(H,10,13);1H. The molecule has 1 heterocycles. The highest BCUT2D eigenvalue weighted by molar-refractivity contribution is 5.75. The highest BCUT2D eigenvalue weighted by Crippen LogP contribution is 1.97. The third-order valence-electron chi connectivity index (χ3n) is 1.75. The molecule has 74 valence electrons. The van der Waals surface area contributed by atoms with Crippen molar-refractivity contribution in [2.45, 2.75) is 20.3 Å². The lowest BCUT2D eigenvalue weighted by molar-refractivity contribution is -0.120. The van der Waals surface area contributed by atoms with Gasteiger partial charge in [0, 0.05) is 13.5 Å². The fourth-order valence-corrected chi connectivity index (χ4v) is 0.910. The molecule has 0 atom stereocenters. The number of hydrogen-bond acceptors (Lipinski definition) is 3. The molecule has 0 spiro atoms. The topological polar surface area (TPSA) is 53.2 Å². The monoisotopic (exact) mass is 183 g/mol. The minimum absolute atomic E-state index is 0. The lowest BCUT2D eigenvalue weighted by atomic mass is 10.3. The van der Waals surface area contributed by atoms with Gasteiger partial charge in [0.1, 0.15) is 0 Å². The van der Waals surface area contributed by atoms with Crippen LogP contribution in [0.2, 0.25) is 0 Å². The second-order valence-corrected chi connectivity index (χ2v) is 2.92. The minimum atomic E-state index is 0. The summed E-state index contributed by atoms with van der Waals surface area (Å²) in [5.41, 5.74) is 7.97. The number of hydrazine groups is 1. The molecule has 1 amide bonds. The van der Waals surface area contributed by atoms with Gasteiger partial charge in [0.25, 0.3) is 0 Å². The number of rotatable bonds is 3. The Hall–Kier alpha value is -1.45. The van der Waals surface area contributed by atoms with E-state index < -0.39 is 0 Å². The molecule has 13 heavy (non-hydrogen) atoms. The summed E-state index contributed by atoms with van der Waals surface area (Å²) in [4.78, 5) is 10.9. The lowest BCUT2D eigenvalue weighted by Gasteiger charge is -2.17. The van der Waals surface area contributed by atoms with Gasteiger partial charge in [-0.1, -0.05) is 6.92 Å². The quantitative estimate of drug-likeness (QED) is 0.602. The summed E-state index contributed by atoms with van der Waals surface area (Å²) in [7, 11) is 0. The van der Waals surface area contributed by atoms with Crippen molar-refractivity contribution in [3.63, 3.8) is 0 Å². The van der Waals surface area contributed by atoms with E-state index in [-0.39, 0.29) is 7.33 Å². The summed E-state index contributed by atoms with van der Waals surface area (Å²) in [6, 6.07) is 0. The van der Waals surface area contributed by atoms with E-state index in [0.717, 1.165) is 11.4 Å². The molecule has 0 aromatic heterocycles. The Morgan fingerprint density at radius 3 is 2.85 bits per heavy atom. The number of carbonyl (C=O) groups excluding carboxylic acids is 1. The Labute approximate surface area is 79.5 Å². The molecule has 1 rings (SSSR count). The SMILES string of the molecule is CCC(=O)NCC1=CC=C(C)NN1.[HH]. The molecule has 0 bridgehead atoms. The van der Waals surface area contributed by atoms with Gasteiger partial charge in [-0.05, 0) is 19.1 Å². The first-order chi connectivity index (χ1) is 6.22. The second-order valence-electron chi connectivity index (χ2n) is 2.92. The van der Waals surface area contributed by atoms with Crippen LogP contribution in [-0.2, 0) is 4.79 Å². The molecule has 0 aromatic rings. The van der Waals surface area contributed by atoms with Gasteiger partial charge in [0.2, 0.25) is 5.91 Å². The predicted molar refractivity (Wildman–Crippen MR) is 53.5 cm³/mol. The predicted octanol–water partition coefficient (Wildman–Crippen LogP) is 0.654. The number of allylic oxidation sites excluding steroid dienone is 3. The average molecular weight is 183 g/mol. The molecule has 0 saturated heterocycles. The lowest BCUT2D eigenvalue weighted by Crippen LogP contribution is -2.37. The first-order valence-electron chi connectivity index (χ1n) is 4.38. The minimum Gasteiger partial charge on any atom is -0.350 e. The molecule has 1 aliphatic heterocycles. The fraction of sp³-hybridized carbons (Fsp3) is 0.444. The van der Waals surface area contributed by atoms with E-state index in [9.17, 15) is 4.79 Å². The zero-order valence-corrected chi connectivity index (χ0v) is 7.98. The van der Waals surface area contributed by atoms with Crippen LogP contribution in [0.5, 0.6) is 0 Å². The summed E-state index contributed by atoms with van der Waals surface area (Å²) in [5, 5.41) is 2.78. The molecule has 0 aromatic carbocycles. The molecule has 0 saturated carbocycles. The van der Waals surface area contributed by atoms with Crippen molar-refractivity contribution < 1.29 is 6.22 Å². The van der Waals surface area contributed by atoms with Crippen LogP contribution in [0.25, 0.3) is 0 Å². The highest BCUT2D eigenvalue weighted by atomic mass is 16.1. The van der Waals surface area contributed by atoms with Crippen LogP contribution in [0, 0.1) is 0 Å². The van der Waals surface area contributed by atoms with Crippen LogP contribution < -0.4 is 16.2 Å². The maximum Gasteiger partial charge on any atom is 0.220 e. The molecule has 0 aliphatic carbocycles. The van der Waals surface area contributed by atoms with Crippen molar-refractivity contribution in [3.8, 4) is 0 Å². The van der Waals surface area contributed by atoms with E-state index in [0.29, 0.717) is 13.0 Å². The van der Waals surface area contributed by atoms with E-state index in [1.54, 1.807) is 0 Å².